The average molecular weight is 448 g/mol. The number of rotatable bonds is 6. The molecule has 24 heavy (non-hydrogen) atoms. The quantitative estimate of drug-likeness (QED) is 0.396. The molecule has 0 amide bonds. The summed E-state index contributed by atoms with van der Waals surface area (Å²) in [7, 11) is 0. The van der Waals surface area contributed by atoms with Crippen molar-refractivity contribution >= 4 is 29.9 Å². The maximum Gasteiger partial charge on any atom is 0.191 e. The molecule has 1 aliphatic rings. The lowest BCUT2D eigenvalue weighted by atomic mass is 10.0. The second kappa shape index (κ2) is 11.0. The van der Waals surface area contributed by atoms with E-state index in [0.717, 1.165) is 37.1 Å². The SMILES string of the molecule is CCNC(=NCC1CCCCN1CC)NC(C)c1ccc(C)o1.I. The van der Waals surface area contributed by atoms with E-state index in [1.807, 2.05) is 19.1 Å². The van der Waals surface area contributed by atoms with E-state index < -0.39 is 0 Å². The summed E-state index contributed by atoms with van der Waals surface area (Å²) in [5, 5.41) is 6.79. The molecule has 0 bridgehead atoms. The molecule has 2 N–H and O–H groups in total. The van der Waals surface area contributed by atoms with Gasteiger partial charge < -0.3 is 15.1 Å². The summed E-state index contributed by atoms with van der Waals surface area (Å²) in [4.78, 5) is 7.37. The Morgan fingerprint density at radius 1 is 1.38 bits per heavy atom. The van der Waals surface area contributed by atoms with Gasteiger partial charge in [-0.2, -0.15) is 0 Å². The van der Waals surface area contributed by atoms with Crippen LogP contribution in [0.25, 0.3) is 0 Å². The van der Waals surface area contributed by atoms with Gasteiger partial charge in [-0.3, -0.25) is 9.89 Å². The number of hydrogen-bond acceptors (Lipinski definition) is 3. The van der Waals surface area contributed by atoms with Crippen LogP contribution in [0.5, 0.6) is 0 Å². The highest BCUT2D eigenvalue weighted by atomic mass is 127. The van der Waals surface area contributed by atoms with E-state index in [-0.39, 0.29) is 30.0 Å². The lowest BCUT2D eigenvalue weighted by Crippen LogP contribution is -2.43. The van der Waals surface area contributed by atoms with E-state index in [9.17, 15) is 0 Å². The number of halogens is 1. The van der Waals surface area contributed by atoms with Gasteiger partial charge in [-0.1, -0.05) is 13.3 Å². The number of aryl methyl sites for hydroxylation is 1. The molecule has 5 nitrogen and oxygen atoms in total. The van der Waals surface area contributed by atoms with Gasteiger partial charge in [0.2, 0.25) is 0 Å². The van der Waals surface area contributed by atoms with Crippen molar-refractivity contribution in [2.45, 2.75) is 59.0 Å². The molecular weight excluding hydrogens is 415 g/mol. The predicted molar refractivity (Wildman–Crippen MR) is 111 cm³/mol. The number of nitrogens with zero attached hydrogens (tertiary/aromatic N) is 2. The fourth-order valence-corrected chi connectivity index (χ4v) is 3.16. The van der Waals surface area contributed by atoms with Crippen molar-refractivity contribution in [2.24, 2.45) is 4.99 Å². The lowest BCUT2D eigenvalue weighted by Gasteiger charge is -2.34. The van der Waals surface area contributed by atoms with Gasteiger partial charge in [-0.15, -0.1) is 24.0 Å². The fourth-order valence-electron chi connectivity index (χ4n) is 3.16. The van der Waals surface area contributed by atoms with Gasteiger partial charge >= 0.3 is 0 Å². The van der Waals surface area contributed by atoms with E-state index in [1.54, 1.807) is 0 Å². The Morgan fingerprint density at radius 2 is 2.17 bits per heavy atom. The lowest BCUT2D eigenvalue weighted by molar-refractivity contribution is 0.161. The summed E-state index contributed by atoms with van der Waals surface area (Å²) < 4.78 is 5.70. The molecule has 0 saturated carbocycles. The average Bonchev–Trinajstić information content (AvgIpc) is 2.99. The Labute approximate surface area is 163 Å². The molecule has 1 fully saturated rings. The molecule has 1 aromatic heterocycles. The molecule has 0 aliphatic carbocycles. The Kier molecular flexibility index (Phi) is 9.73. The first-order valence-corrected chi connectivity index (χ1v) is 8.99. The van der Waals surface area contributed by atoms with Crippen LogP contribution in [-0.4, -0.2) is 43.1 Å². The second-order valence-electron chi connectivity index (χ2n) is 6.31. The van der Waals surface area contributed by atoms with Gasteiger partial charge in [0.1, 0.15) is 11.5 Å². The van der Waals surface area contributed by atoms with Crippen LogP contribution in [0.15, 0.2) is 21.5 Å². The first kappa shape index (κ1) is 21.3. The van der Waals surface area contributed by atoms with E-state index >= 15 is 0 Å². The van der Waals surface area contributed by atoms with E-state index in [4.69, 9.17) is 9.41 Å². The maximum atomic E-state index is 5.70. The smallest absolute Gasteiger partial charge is 0.191 e. The van der Waals surface area contributed by atoms with Crippen LogP contribution in [0.3, 0.4) is 0 Å². The van der Waals surface area contributed by atoms with Crippen LogP contribution < -0.4 is 10.6 Å². The van der Waals surface area contributed by atoms with Crippen molar-refractivity contribution < 1.29 is 4.42 Å². The van der Waals surface area contributed by atoms with Gasteiger partial charge in [0, 0.05) is 12.6 Å². The number of piperidine rings is 1. The molecule has 0 spiro atoms. The van der Waals surface area contributed by atoms with Gasteiger partial charge in [0.05, 0.1) is 12.6 Å². The molecule has 2 atom stereocenters. The number of furan rings is 1. The van der Waals surface area contributed by atoms with Crippen molar-refractivity contribution in [3.63, 3.8) is 0 Å². The molecule has 2 rings (SSSR count). The minimum atomic E-state index is 0. The van der Waals surface area contributed by atoms with Crippen LogP contribution in [0.1, 0.15) is 57.6 Å². The van der Waals surface area contributed by atoms with Crippen molar-refractivity contribution in [3.8, 4) is 0 Å². The van der Waals surface area contributed by atoms with Crippen LogP contribution in [0.2, 0.25) is 0 Å². The van der Waals surface area contributed by atoms with E-state index in [1.165, 1.54) is 25.8 Å². The zero-order chi connectivity index (χ0) is 16.7. The number of likely N-dealkylation sites (tertiary alicyclic amines) is 1. The first-order valence-electron chi connectivity index (χ1n) is 8.99. The van der Waals surface area contributed by atoms with Crippen LogP contribution in [0.4, 0.5) is 0 Å². The summed E-state index contributed by atoms with van der Waals surface area (Å²) >= 11 is 0. The third-order valence-electron chi connectivity index (χ3n) is 4.50. The molecule has 1 aromatic rings. The number of likely N-dealkylation sites (N-methyl/N-ethyl adjacent to an activating group) is 1. The van der Waals surface area contributed by atoms with E-state index in [2.05, 4.69) is 36.3 Å². The summed E-state index contributed by atoms with van der Waals surface area (Å²) in [6.45, 7) is 12.5. The maximum absolute atomic E-state index is 5.70. The highest BCUT2D eigenvalue weighted by molar-refractivity contribution is 14.0. The Morgan fingerprint density at radius 3 is 2.79 bits per heavy atom. The highest BCUT2D eigenvalue weighted by Gasteiger charge is 2.20. The zero-order valence-corrected chi connectivity index (χ0v) is 17.8. The number of hydrogen-bond donors (Lipinski definition) is 2. The van der Waals surface area contributed by atoms with Crippen LogP contribution >= 0.6 is 24.0 Å². The minimum Gasteiger partial charge on any atom is -0.464 e. The third kappa shape index (κ3) is 6.27. The molecule has 2 unspecified atom stereocenters. The predicted octanol–water partition coefficient (Wildman–Crippen LogP) is 3.70. The molecule has 1 saturated heterocycles. The topological polar surface area (TPSA) is 52.8 Å². The van der Waals surface area contributed by atoms with Gasteiger partial charge in [-0.25, -0.2) is 0 Å². The van der Waals surface area contributed by atoms with Gasteiger partial charge in [-0.05, 0) is 58.8 Å². The largest absolute Gasteiger partial charge is 0.464 e. The highest BCUT2D eigenvalue weighted by Crippen LogP contribution is 2.17. The molecule has 0 radical (unpaired) electrons. The number of nitrogens with one attached hydrogen (secondary N) is 2. The summed E-state index contributed by atoms with van der Waals surface area (Å²) in [5.74, 6) is 2.76. The molecule has 1 aliphatic heterocycles. The van der Waals surface area contributed by atoms with Crippen molar-refractivity contribution in [1.29, 1.82) is 0 Å². The van der Waals surface area contributed by atoms with Crippen molar-refractivity contribution in [2.75, 3.05) is 26.2 Å². The molecule has 0 aromatic carbocycles. The van der Waals surface area contributed by atoms with Gasteiger partial charge in [0.15, 0.2) is 5.96 Å². The van der Waals surface area contributed by atoms with Crippen LogP contribution in [0, 0.1) is 6.92 Å². The van der Waals surface area contributed by atoms with E-state index in [0.29, 0.717) is 6.04 Å². The third-order valence-corrected chi connectivity index (χ3v) is 4.50. The summed E-state index contributed by atoms with van der Waals surface area (Å²) in [5.41, 5.74) is 0. The number of guanidine groups is 1. The normalized spacial score (nSPS) is 20.3. The first-order chi connectivity index (χ1) is 11.1. The monoisotopic (exact) mass is 448 g/mol. The molecular formula is C18H33IN4O. The Hall–Kier alpha value is -0.760. The Bertz CT molecular complexity index is 503. The Balaban J connectivity index is 0.00000288. The summed E-state index contributed by atoms with van der Waals surface area (Å²) in [6.07, 6.45) is 3.90. The van der Waals surface area contributed by atoms with Gasteiger partial charge in [0.25, 0.3) is 0 Å². The van der Waals surface area contributed by atoms with Crippen molar-refractivity contribution in [1.82, 2.24) is 15.5 Å². The minimum absolute atomic E-state index is 0. The molecule has 138 valence electrons. The number of aliphatic imine (C=N–C) groups is 1. The molecule has 6 heteroatoms. The zero-order valence-electron chi connectivity index (χ0n) is 15.5. The fraction of sp³-hybridized carbons (Fsp3) is 0.722. The standard InChI is InChI=1S/C18H32N4O.HI/c1-5-19-18(21-15(4)17-11-10-14(3)23-17)20-13-16-9-7-8-12-22(16)6-2;/h10-11,15-16H,5-9,12-13H2,1-4H3,(H2,19,20,21);1H. The summed E-state index contributed by atoms with van der Waals surface area (Å²) in [6, 6.07) is 4.70. The molecule has 2 heterocycles. The van der Waals surface area contributed by atoms with Crippen molar-refractivity contribution in [3.05, 3.63) is 23.7 Å². The van der Waals surface area contributed by atoms with Crippen LogP contribution in [-0.2, 0) is 0 Å². The second-order valence-corrected chi connectivity index (χ2v) is 6.31.